The van der Waals surface area contributed by atoms with Gasteiger partial charge in [-0.1, -0.05) is 6.92 Å². The van der Waals surface area contributed by atoms with Crippen LogP contribution >= 0.6 is 47.3 Å². The van der Waals surface area contributed by atoms with E-state index in [1.165, 1.54) is 35.9 Å². The number of rotatable bonds is 5. The standard InChI is InChI=1S/C17H30N6S2.HI/c1-3-15-20-17(25-21-15)23-9-7-22(8-10-23)16(18-4-2)19-13-14-5-11-24-12-6-14;/h14H,3-13H2,1-2H3,(H,18,19);1H. The molecule has 1 aromatic heterocycles. The van der Waals surface area contributed by atoms with Crippen LogP contribution in [0.1, 0.15) is 32.5 Å². The van der Waals surface area contributed by atoms with Gasteiger partial charge in [0.05, 0.1) is 0 Å². The minimum absolute atomic E-state index is 0. The highest BCUT2D eigenvalue weighted by Crippen LogP contribution is 2.23. The second kappa shape index (κ2) is 11.5. The molecule has 9 heteroatoms. The number of hydrogen-bond acceptors (Lipinski definition) is 6. The fourth-order valence-electron chi connectivity index (χ4n) is 3.20. The summed E-state index contributed by atoms with van der Waals surface area (Å²) in [5, 5.41) is 4.55. The Balaban J connectivity index is 0.00000243. The summed E-state index contributed by atoms with van der Waals surface area (Å²) in [6, 6.07) is 0. The molecule has 3 heterocycles. The van der Waals surface area contributed by atoms with Gasteiger partial charge in [0.15, 0.2) is 5.96 Å². The van der Waals surface area contributed by atoms with E-state index >= 15 is 0 Å². The molecule has 2 aliphatic rings. The van der Waals surface area contributed by atoms with Gasteiger partial charge in [-0.15, -0.1) is 24.0 Å². The van der Waals surface area contributed by atoms with Gasteiger partial charge in [0, 0.05) is 57.2 Å². The molecule has 0 saturated carbocycles. The first-order chi connectivity index (χ1) is 12.3. The quantitative estimate of drug-likeness (QED) is 0.374. The number of hydrogen-bond donors (Lipinski definition) is 1. The van der Waals surface area contributed by atoms with Crippen LogP contribution in [0.2, 0.25) is 0 Å². The van der Waals surface area contributed by atoms with Gasteiger partial charge in [-0.3, -0.25) is 4.99 Å². The number of anilines is 1. The van der Waals surface area contributed by atoms with Crippen LogP contribution in [0.5, 0.6) is 0 Å². The fraction of sp³-hybridized carbons (Fsp3) is 0.824. The Bertz CT molecular complexity index is 553. The third-order valence-electron chi connectivity index (χ3n) is 4.80. The van der Waals surface area contributed by atoms with Crippen LogP contribution in [0.15, 0.2) is 4.99 Å². The van der Waals surface area contributed by atoms with Gasteiger partial charge < -0.3 is 15.1 Å². The molecule has 6 nitrogen and oxygen atoms in total. The van der Waals surface area contributed by atoms with Gasteiger partial charge in [0.1, 0.15) is 5.82 Å². The Morgan fingerprint density at radius 3 is 2.54 bits per heavy atom. The molecule has 1 aromatic rings. The van der Waals surface area contributed by atoms with Crippen molar-refractivity contribution in [1.29, 1.82) is 0 Å². The van der Waals surface area contributed by atoms with E-state index in [9.17, 15) is 0 Å². The summed E-state index contributed by atoms with van der Waals surface area (Å²) in [5.41, 5.74) is 0. The maximum atomic E-state index is 4.95. The lowest BCUT2D eigenvalue weighted by Gasteiger charge is -2.36. The van der Waals surface area contributed by atoms with Crippen LogP contribution < -0.4 is 10.2 Å². The van der Waals surface area contributed by atoms with Crippen LogP contribution in [-0.2, 0) is 6.42 Å². The summed E-state index contributed by atoms with van der Waals surface area (Å²) in [6.07, 6.45) is 3.55. The molecule has 0 radical (unpaired) electrons. The molecule has 2 saturated heterocycles. The predicted molar refractivity (Wildman–Crippen MR) is 125 cm³/mol. The first-order valence-corrected chi connectivity index (χ1v) is 11.4. The molecular weight excluding hydrogens is 479 g/mol. The van der Waals surface area contributed by atoms with Crippen molar-refractivity contribution in [1.82, 2.24) is 19.6 Å². The van der Waals surface area contributed by atoms with Crippen molar-refractivity contribution in [2.24, 2.45) is 10.9 Å². The number of nitrogens with one attached hydrogen (secondary N) is 1. The Morgan fingerprint density at radius 1 is 1.19 bits per heavy atom. The minimum atomic E-state index is 0. The van der Waals surface area contributed by atoms with Crippen LogP contribution in [0, 0.1) is 5.92 Å². The van der Waals surface area contributed by atoms with Gasteiger partial charge in [-0.2, -0.15) is 16.1 Å². The summed E-state index contributed by atoms with van der Waals surface area (Å²) in [5.74, 6) is 5.42. The van der Waals surface area contributed by atoms with Crippen molar-refractivity contribution in [2.45, 2.75) is 33.1 Å². The lowest BCUT2D eigenvalue weighted by atomic mass is 10.0. The van der Waals surface area contributed by atoms with Crippen molar-refractivity contribution in [3.05, 3.63) is 5.82 Å². The second-order valence-electron chi connectivity index (χ2n) is 6.57. The fourth-order valence-corrected chi connectivity index (χ4v) is 5.20. The third kappa shape index (κ3) is 6.12. The number of nitrogens with zero attached hydrogens (tertiary/aromatic N) is 5. The number of aliphatic imine (C=N–C) groups is 1. The molecule has 0 unspecified atom stereocenters. The zero-order chi connectivity index (χ0) is 17.5. The average molecular weight is 511 g/mol. The average Bonchev–Trinajstić information content (AvgIpc) is 3.15. The van der Waals surface area contributed by atoms with Gasteiger partial charge in [-0.05, 0) is 37.2 Å². The topological polar surface area (TPSA) is 56.7 Å². The molecule has 0 atom stereocenters. The molecule has 2 fully saturated rings. The highest BCUT2D eigenvalue weighted by molar-refractivity contribution is 14.0. The number of thioether (sulfide) groups is 1. The Morgan fingerprint density at radius 2 is 1.92 bits per heavy atom. The summed E-state index contributed by atoms with van der Waals surface area (Å²) >= 11 is 3.61. The number of aromatic nitrogens is 2. The van der Waals surface area contributed by atoms with E-state index in [0.717, 1.165) is 68.5 Å². The van der Waals surface area contributed by atoms with E-state index in [-0.39, 0.29) is 24.0 Å². The molecule has 0 spiro atoms. The molecule has 1 N–H and O–H groups in total. The van der Waals surface area contributed by atoms with Crippen molar-refractivity contribution in [3.63, 3.8) is 0 Å². The number of guanidine groups is 1. The van der Waals surface area contributed by atoms with Gasteiger partial charge >= 0.3 is 0 Å². The zero-order valence-corrected chi connectivity index (χ0v) is 19.8. The Hall–Kier alpha value is -0.290. The highest BCUT2D eigenvalue weighted by Gasteiger charge is 2.22. The number of halogens is 1. The monoisotopic (exact) mass is 510 g/mol. The molecule has 148 valence electrons. The van der Waals surface area contributed by atoms with E-state index in [1.54, 1.807) is 0 Å². The lowest BCUT2D eigenvalue weighted by molar-refractivity contribution is 0.370. The summed E-state index contributed by atoms with van der Waals surface area (Å²) in [4.78, 5) is 14.3. The highest BCUT2D eigenvalue weighted by atomic mass is 127. The largest absolute Gasteiger partial charge is 0.357 e. The summed E-state index contributed by atoms with van der Waals surface area (Å²) in [7, 11) is 0. The summed E-state index contributed by atoms with van der Waals surface area (Å²) in [6.45, 7) is 10.1. The smallest absolute Gasteiger partial charge is 0.205 e. The van der Waals surface area contributed by atoms with E-state index in [0.29, 0.717) is 0 Å². The first-order valence-electron chi connectivity index (χ1n) is 9.48. The first kappa shape index (κ1) is 22.0. The molecule has 0 bridgehead atoms. The van der Waals surface area contributed by atoms with Crippen molar-refractivity contribution < 1.29 is 0 Å². The normalized spacial score (nSPS) is 19.4. The molecule has 0 aliphatic carbocycles. The zero-order valence-electron chi connectivity index (χ0n) is 15.8. The van der Waals surface area contributed by atoms with Crippen LogP contribution in [0.4, 0.5) is 5.13 Å². The van der Waals surface area contributed by atoms with E-state index in [2.05, 4.69) is 50.1 Å². The van der Waals surface area contributed by atoms with E-state index in [1.807, 2.05) is 0 Å². The van der Waals surface area contributed by atoms with Crippen molar-refractivity contribution in [2.75, 3.05) is 55.7 Å². The maximum Gasteiger partial charge on any atom is 0.205 e. The van der Waals surface area contributed by atoms with Crippen molar-refractivity contribution >= 4 is 58.4 Å². The van der Waals surface area contributed by atoms with E-state index in [4.69, 9.17) is 4.99 Å². The maximum absolute atomic E-state index is 4.95. The molecule has 3 rings (SSSR count). The Kier molecular flexibility index (Phi) is 9.76. The number of piperazine rings is 1. The van der Waals surface area contributed by atoms with Crippen LogP contribution in [0.3, 0.4) is 0 Å². The second-order valence-corrected chi connectivity index (χ2v) is 8.53. The van der Waals surface area contributed by atoms with Gasteiger partial charge in [-0.25, -0.2) is 4.98 Å². The Labute approximate surface area is 182 Å². The molecule has 26 heavy (non-hydrogen) atoms. The summed E-state index contributed by atoms with van der Waals surface area (Å²) < 4.78 is 4.41. The minimum Gasteiger partial charge on any atom is -0.357 e. The van der Waals surface area contributed by atoms with Crippen LogP contribution in [-0.4, -0.2) is 71.0 Å². The molecular formula is C17H31IN6S2. The predicted octanol–water partition coefficient (Wildman–Crippen LogP) is 2.95. The van der Waals surface area contributed by atoms with Crippen molar-refractivity contribution in [3.8, 4) is 0 Å². The molecule has 0 amide bonds. The third-order valence-corrected chi connectivity index (χ3v) is 6.66. The van der Waals surface area contributed by atoms with Crippen LogP contribution in [0.25, 0.3) is 0 Å². The molecule has 0 aromatic carbocycles. The van der Waals surface area contributed by atoms with Gasteiger partial charge in [0.2, 0.25) is 5.13 Å². The SMILES string of the molecule is CCNC(=NCC1CCSCC1)N1CCN(c2nc(CC)ns2)CC1.I. The van der Waals surface area contributed by atoms with E-state index < -0.39 is 0 Å². The lowest BCUT2D eigenvalue weighted by Crippen LogP contribution is -2.52. The molecule has 2 aliphatic heterocycles. The van der Waals surface area contributed by atoms with Gasteiger partial charge in [0.25, 0.3) is 0 Å². The number of aryl methyl sites for hydroxylation is 1.